The average molecular weight is 333 g/mol. The molecule has 0 radical (unpaired) electrons. The Balaban J connectivity index is 2.32. The van der Waals surface area contributed by atoms with Gasteiger partial charge >= 0.3 is 0 Å². The van der Waals surface area contributed by atoms with Crippen molar-refractivity contribution in [2.45, 2.75) is 24.2 Å². The Bertz CT molecular complexity index is 712. The second kappa shape index (κ2) is 5.46. The predicted octanol–water partition coefficient (Wildman–Crippen LogP) is -1.47. The third kappa shape index (κ3) is 3.06. The van der Waals surface area contributed by atoms with Gasteiger partial charge in [-0.15, -0.1) is 10.2 Å². The lowest BCUT2D eigenvalue weighted by atomic mass is 10.2. The molecular weight excluding hydrogens is 322 g/mol. The molecule has 1 aliphatic heterocycles. The number of amides is 3. The first kappa shape index (κ1) is 15.5. The molecule has 0 spiro atoms. The van der Waals surface area contributed by atoms with Crippen molar-refractivity contribution in [3.05, 3.63) is 0 Å². The van der Waals surface area contributed by atoms with Gasteiger partial charge in [0.2, 0.25) is 27.2 Å². The summed E-state index contributed by atoms with van der Waals surface area (Å²) in [7, 11) is -4.15. The molecule has 1 saturated heterocycles. The molecule has 1 aromatic heterocycles. The molecular formula is C9H11N5O5S2. The normalized spacial score (nSPS) is 20.2. The van der Waals surface area contributed by atoms with Crippen molar-refractivity contribution in [1.82, 2.24) is 19.8 Å². The lowest BCUT2D eigenvalue weighted by molar-refractivity contribution is -0.136. The number of imide groups is 1. The molecule has 0 aliphatic carbocycles. The lowest BCUT2D eigenvalue weighted by Crippen LogP contribution is -2.58. The minimum absolute atomic E-state index is 0.0153. The van der Waals surface area contributed by atoms with Gasteiger partial charge in [0.05, 0.1) is 6.54 Å². The number of rotatable bonds is 3. The van der Waals surface area contributed by atoms with Gasteiger partial charge in [0, 0.05) is 6.92 Å². The zero-order valence-corrected chi connectivity index (χ0v) is 12.6. The van der Waals surface area contributed by atoms with Gasteiger partial charge in [-0.25, -0.2) is 8.42 Å². The van der Waals surface area contributed by atoms with Crippen LogP contribution in [0.15, 0.2) is 4.34 Å². The summed E-state index contributed by atoms with van der Waals surface area (Å²) in [6.45, 7) is 2.12. The molecule has 2 heterocycles. The van der Waals surface area contributed by atoms with E-state index in [2.05, 4.69) is 15.5 Å². The summed E-state index contributed by atoms with van der Waals surface area (Å²) in [5.41, 5.74) is 0. The molecule has 1 atom stereocenters. The second-order valence-corrected chi connectivity index (χ2v) is 7.23. The molecule has 1 unspecified atom stereocenters. The highest BCUT2D eigenvalue weighted by Crippen LogP contribution is 2.25. The number of hydrogen-bond donors (Lipinski definition) is 2. The average Bonchev–Trinajstić information content (AvgIpc) is 2.81. The van der Waals surface area contributed by atoms with Gasteiger partial charge in [-0.3, -0.25) is 19.7 Å². The predicted molar refractivity (Wildman–Crippen MR) is 70.7 cm³/mol. The molecule has 12 heteroatoms. The zero-order chi connectivity index (χ0) is 15.8. The number of hydrogen-bond acceptors (Lipinski definition) is 8. The maximum Gasteiger partial charge on any atom is 0.273 e. The Morgan fingerprint density at radius 3 is 2.71 bits per heavy atom. The molecule has 2 rings (SSSR count). The second-order valence-electron chi connectivity index (χ2n) is 4.19. The van der Waals surface area contributed by atoms with Crippen molar-refractivity contribution < 1.29 is 22.8 Å². The van der Waals surface area contributed by atoms with Gasteiger partial charge in [-0.2, -0.15) is 4.31 Å². The number of sulfonamides is 1. The smallest absolute Gasteiger partial charge is 0.273 e. The maximum atomic E-state index is 12.4. The number of piperazine rings is 1. The van der Waals surface area contributed by atoms with Crippen LogP contribution in [0.3, 0.4) is 0 Å². The molecule has 0 bridgehead atoms. The van der Waals surface area contributed by atoms with Crippen LogP contribution in [0.4, 0.5) is 5.13 Å². The lowest BCUT2D eigenvalue weighted by Gasteiger charge is -2.29. The molecule has 1 aromatic rings. The first-order chi connectivity index (χ1) is 9.71. The van der Waals surface area contributed by atoms with Crippen LogP contribution in [0.5, 0.6) is 0 Å². The number of nitrogens with one attached hydrogen (secondary N) is 2. The van der Waals surface area contributed by atoms with E-state index in [1.165, 1.54) is 13.8 Å². The summed E-state index contributed by atoms with van der Waals surface area (Å²) < 4.78 is 25.1. The third-order valence-corrected chi connectivity index (χ3v) is 5.69. The highest BCUT2D eigenvalue weighted by molar-refractivity contribution is 7.91. The zero-order valence-electron chi connectivity index (χ0n) is 11.0. The van der Waals surface area contributed by atoms with Crippen molar-refractivity contribution in [3.8, 4) is 0 Å². The van der Waals surface area contributed by atoms with E-state index < -0.39 is 44.7 Å². The van der Waals surface area contributed by atoms with Crippen molar-refractivity contribution >= 4 is 44.2 Å². The SMILES string of the molecule is CC(=O)Nc1nnc(S(=O)(=O)N2CC(=O)NC(=O)C2C)s1. The monoisotopic (exact) mass is 333 g/mol. The maximum absolute atomic E-state index is 12.4. The van der Waals surface area contributed by atoms with E-state index in [-0.39, 0.29) is 5.13 Å². The Labute approximate surface area is 123 Å². The largest absolute Gasteiger partial charge is 0.301 e. The fourth-order valence-electron chi connectivity index (χ4n) is 1.60. The fraction of sp³-hybridized carbons (Fsp3) is 0.444. The van der Waals surface area contributed by atoms with E-state index in [1.54, 1.807) is 0 Å². The van der Waals surface area contributed by atoms with Crippen molar-refractivity contribution in [3.63, 3.8) is 0 Å². The van der Waals surface area contributed by atoms with Crippen LogP contribution >= 0.6 is 11.3 Å². The highest BCUT2D eigenvalue weighted by atomic mass is 32.2. The molecule has 1 fully saturated rings. The van der Waals surface area contributed by atoms with E-state index in [4.69, 9.17) is 0 Å². The van der Waals surface area contributed by atoms with Gasteiger partial charge in [-0.05, 0) is 6.92 Å². The fourth-order valence-corrected chi connectivity index (χ4v) is 4.21. The van der Waals surface area contributed by atoms with Crippen LogP contribution in [-0.2, 0) is 24.4 Å². The highest BCUT2D eigenvalue weighted by Gasteiger charge is 2.40. The van der Waals surface area contributed by atoms with Gasteiger partial charge in [-0.1, -0.05) is 11.3 Å². The number of carbonyl (C=O) groups is 3. The van der Waals surface area contributed by atoms with Crippen LogP contribution in [0.2, 0.25) is 0 Å². The number of anilines is 1. The van der Waals surface area contributed by atoms with Crippen LogP contribution in [0.1, 0.15) is 13.8 Å². The van der Waals surface area contributed by atoms with Gasteiger partial charge in [0.25, 0.3) is 10.0 Å². The van der Waals surface area contributed by atoms with E-state index in [0.29, 0.717) is 11.3 Å². The van der Waals surface area contributed by atoms with E-state index in [9.17, 15) is 22.8 Å². The first-order valence-corrected chi connectivity index (χ1v) is 7.94. The molecule has 3 amide bonds. The Morgan fingerprint density at radius 2 is 2.10 bits per heavy atom. The molecule has 10 nitrogen and oxygen atoms in total. The van der Waals surface area contributed by atoms with E-state index in [0.717, 1.165) is 4.31 Å². The van der Waals surface area contributed by atoms with Crippen LogP contribution in [0, 0.1) is 0 Å². The summed E-state index contributed by atoms with van der Waals surface area (Å²) in [5.74, 6) is -1.84. The molecule has 114 valence electrons. The first-order valence-electron chi connectivity index (χ1n) is 5.68. The topological polar surface area (TPSA) is 138 Å². The Kier molecular flexibility index (Phi) is 4.02. The summed E-state index contributed by atoms with van der Waals surface area (Å²) in [5, 5.41) is 11.4. The minimum atomic E-state index is -4.15. The Hall–Kier alpha value is -1.92. The molecule has 0 saturated carbocycles. The molecule has 21 heavy (non-hydrogen) atoms. The van der Waals surface area contributed by atoms with Crippen LogP contribution in [-0.4, -0.2) is 53.2 Å². The van der Waals surface area contributed by atoms with Crippen molar-refractivity contribution in [2.75, 3.05) is 11.9 Å². The quantitative estimate of drug-likeness (QED) is 0.508. The van der Waals surface area contributed by atoms with E-state index >= 15 is 0 Å². The van der Waals surface area contributed by atoms with Gasteiger partial charge in [0.1, 0.15) is 6.04 Å². The molecule has 2 N–H and O–H groups in total. The van der Waals surface area contributed by atoms with Crippen LogP contribution < -0.4 is 10.6 Å². The van der Waals surface area contributed by atoms with Crippen LogP contribution in [0.25, 0.3) is 0 Å². The van der Waals surface area contributed by atoms with Crippen molar-refractivity contribution in [2.24, 2.45) is 0 Å². The summed E-state index contributed by atoms with van der Waals surface area (Å²) in [4.78, 5) is 33.7. The summed E-state index contributed by atoms with van der Waals surface area (Å²) in [6, 6.07) is -1.04. The number of nitrogens with zero attached hydrogens (tertiary/aromatic N) is 3. The standard InChI is InChI=1S/C9H11N5O5S2/c1-4-7(17)11-6(16)3-14(4)21(18,19)9-13-12-8(20-9)10-5(2)15/h4H,3H2,1-2H3,(H,10,12,15)(H,11,16,17). The van der Waals surface area contributed by atoms with E-state index in [1.807, 2.05) is 5.32 Å². The summed E-state index contributed by atoms with van der Waals surface area (Å²) in [6.07, 6.45) is 0. The molecule has 1 aliphatic rings. The Morgan fingerprint density at radius 1 is 1.43 bits per heavy atom. The number of aromatic nitrogens is 2. The summed E-state index contributed by atoms with van der Waals surface area (Å²) >= 11 is 0.639. The number of carbonyl (C=O) groups excluding carboxylic acids is 3. The third-order valence-electron chi connectivity index (χ3n) is 2.59. The minimum Gasteiger partial charge on any atom is -0.301 e. The molecule has 0 aromatic carbocycles. The van der Waals surface area contributed by atoms with Gasteiger partial charge in [0.15, 0.2) is 0 Å². The van der Waals surface area contributed by atoms with Crippen molar-refractivity contribution in [1.29, 1.82) is 0 Å². The van der Waals surface area contributed by atoms with Gasteiger partial charge < -0.3 is 5.32 Å².